The second kappa shape index (κ2) is 7.22. The number of hydrogen-bond acceptors (Lipinski definition) is 2. The van der Waals surface area contributed by atoms with E-state index in [-0.39, 0.29) is 11.8 Å². The summed E-state index contributed by atoms with van der Waals surface area (Å²) >= 11 is 3.53. The number of carbonyl (C=O) groups is 1. The molecular formula is C20H20BrNO2. The molecule has 24 heavy (non-hydrogen) atoms. The van der Waals surface area contributed by atoms with Gasteiger partial charge < -0.3 is 10.1 Å². The van der Waals surface area contributed by atoms with E-state index < -0.39 is 0 Å². The molecule has 3 nitrogen and oxygen atoms in total. The van der Waals surface area contributed by atoms with Crippen LogP contribution in [0.1, 0.15) is 29.5 Å². The largest absolute Gasteiger partial charge is 0.487 e. The van der Waals surface area contributed by atoms with Gasteiger partial charge in [0.05, 0.1) is 12.1 Å². The molecule has 0 aromatic heterocycles. The van der Waals surface area contributed by atoms with E-state index in [1.807, 2.05) is 49.4 Å². The van der Waals surface area contributed by atoms with E-state index in [1.165, 1.54) is 5.56 Å². The van der Waals surface area contributed by atoms with Crippen molar-refractivity contribution in [1.82, 2.24) is 0 Å². The molecule has 1 unspecified atom stereocenters. The quantitative estimate of drug-likeness (QED) is 0.755. The number of aryl methyl sites for hydroxylation is 1. The second-order valence-corrected chi connectivity index (χ2v) is 7.03. The molecule has 1 amide bonds. The molecule has 3 rings (SSSR count). The summed E-state index contributed by atoms with van der Waals surface area (Å²) in [6.45, 7) is 4.67. The Labute approximate surface area is 150 Å². The van der Waals surface area contributed by atoms with Gasteiger partial charge in [-0.25, -0.2) is 0 Å². The number of benzene rings is 2. The highest BCUT2D eigenvalue weighted by Gasteiger charge is 2.19. The number of rotatable bonds is 3. The zero-order valence-electron chi connectivity index (χ0n) is 13.8. The molecular weight excluding hydrogens is 366 g/mol. The van der Waals surface area contributed by atoms with Crippen molar-refractivity contribution in [2.45, 2.75) is 26.2 Å². The third kappa shape index (κ3) is 3.88. The zero-order chi connectivity index (χ0) is 17.1. The average molecular weight is 386 g/mol. The Balaban J connectivity index is 1.82. The summed E-state index contributed by atoms with van der Waals surface area (Å²) in [5.74, 6) is 0.952. The Morgan fingerprint density at radius 1 is 1.29 bits per heavy atom. The summed E-state index contributed by atoms with van der Waals surface area (Å²) in [5.41, 5.74) is 3.97. The summed E-state index contributed by atoms with van der Waals surface area (Å²) in [4.78, 5) is 12.4. The molecule has 1 N–H and O–H groups in total. The van der Waals surface area contributed by atoms with E-state index in [2.05, 4.69) is 34.2 Å². The summed E-state index contributed by atoms with van der Waals surface area (Å²) in [6, 6.07) is 11.9. The smallest absolute Gasteiger partial charge is 0.228 e. The maximum absolute atomic E-state index is 12.4. The van der Waals surface area contributed by atoms with Crippen LogP contribution in [0.4, 0.5) is 5.69 Å². The molecule has 0 bridgehead atoms. The van der Waals surface area contributed by atoms with Crippen LogP contribution < -0.4 is 10.1 Å². The van der Waals surface area contributed by atoms with E-state index in [0.717, 1.165) is 21.3 Å². The van der Waals surface area contributed by atoms with Crippen molar-refractivity contribution in [1.29, 1.82) is 0 Å². The Morgan fingerprint density at radius 3 is 2.79 bits per heavy atom. The number of allylic oxidation sites excluding steroid dienone is 1. The topological polar surface area (TPSA) is 38.3 Å². The highest BCUT2D eigenvalue weighted by molar-refractivity contribution is 9.10. The van der Waals surface area contributed by atoms with Gasteiger partial charge in [-0.05, 0) is 24.6 Å². The number of nitrogens with one attached hydrogen (secondary N) is 1. The van der Waals surface area contributed by atoms with Crippen LogP contribution in [-0.4, -0.2) is 12.5 Å². The van der Waals surface area contributed by atoms with E-state index >= 15 is 0 Å². The lowest BCUT2D eigenvalue weighted by molar-refractivity contribution is -0.115. The molecule has 124 valence electrons. The maximum Gasteiger partial charge on any atom is 0.228 e. The standard InChI is InChI=1S/C20H20BrNO2/c1-13-5-7-15(8-6-13)10-19(23)22-18-12-16(21)11-17-14(2)4-3-9-24-20(17)18/h3-8,11-12,14H,9-10H2,1-2H3,(H,22,23). The highest BCUT2D eigenvalue weighted by Crippen LogP contribution is 2.39. The fourth-order valence-electron chi connectivity index (χ4n) is 2.79. The molecule has 2 aromatic carbocycles. The van der Waals surface area contributed by atoms with E-state index in [4.69, 9.17) is 4.74 Å². The fourth-order valence-corrected chi connectivity index (χ4v) is 3.26. The Bertz CT molecular complexity index is 781. The number of fused-ring (bicyclic) bond motifs is 1. The molecule has 0 saturated carbocycles. The maximum atomic E-state index is 12.4. The van der Waals surface area contributed by atoms with Gasteiger partial charge in [-0.15, -0.1) is 0 Å². The molecule has 1 atom stereocenters. The summed E-state index contributed by atoms with van der Waals surface area (Å²) in [5, 5.41) is 3.00. The molecule has 0 fully saturated rings. The van der Waals surface area contributed by atoms with Gasteiger partial charge in [-0.3, -0.25) is 4.79 Å². The lowest BCUT2D eigenvalue weighted by Gasteiger charge is -2.17. The first-order valence-electron chi connectivity index (χ1n) is 8.01. The molecule has 0 aliphatic carbocycles. The minimum atomic E-state index is -0.0485. The average Bonchev–Trinajstić information content (AvgIpc) is 2.72. The van der Waals surface area contributed by atoms with Gasteiger partial charge in [0.2, 0.25) is 5.91 Å². The predicted molar refractivity (Wildman–Crippen MR) is 101 cm³/mol. The van der Waals surface area contributed by atoms with Gasteiger partial charge in [0, 0.05) is 16.0 Å². The van der Waals surface area contributed by atoms with Crippen LogP contribution in [0, 0.1) is 6.92 Å². The molecule has 1 aliphatic heterocycles. The number of carbonyl (C=O) groups excluding carboxylic acids is 1. The molecule has 4 heteroatoms. The summed E-state index contributed by atoms with van der Waals surface area (Å²) < 4.78 is 6.78. The minimum Gasteiger partial charge on any atom is -0.487 e. The first kappa shape index (κ1) is 16.8. The van der Waals surface area contributed by atoms with Crippen LogP contribution >= 0.6 is 15.9 Å². The van der Waals surface area contributed by atoms with Crippen LogP contribution in [-0.2, 0) is 11.2 Å². The van der Waals surface area contributed by atoms with Crippen molar-refractivity contribution in [2.24, 2.45) is 0 Å². The van der Waals surface area contributed by atoms with Crippen LogP contribution in [0.15, 0.2) is 53.0 Å². The van der Waals surface area contributed by atoms with Gasteiger partial charge in [-0.2, -0.15) is 0 Å². The van der Waals surface area contributed by atoms with Crippen LogP contribution in [0.25, 0.3) is 0 Å². The number of amides is 1. The summed E-state index contributed by atoms with van der Waals surface area (Å²) in [6.07, 6.45) is 4.47. The molecule has 0 saturated heterocycles. The van der Waals surface area contributed by atoms with Gasteiger partial charge >= 0.3 is 0 Å². The third-order valence-electron chi connectivity index (χ3n) is 4.08. The van der Waals surface area contributed by atoms with Gasteiger partial charge in [0.1, 0.15) is 12.4 Å². The monoisotopic (exact) mass is 385 g/mol. The first-order chi connectivity index (χ1) is 11.5. The summed E-state index contributed by atoms with van der Waals surface area (Å²) in [7, 11) is 0. The predicted octanol–water partition coefficient (Wildman–Crippen LogP) is 4.99. The van der Waals surface area contributed by atoms with Crippen molar-refractivity contribution >= 4 is 27.5 Å². The van der Waals surface area contributed by atoms with Crippen molar-refractivity contribution in [3.63, 3.8) is 0 Å². The molecule has 1 heterocycles. The normalized spacial score (nSPS) is 16.0. The third-order valence-corrected chi connectivity index (χ3v) is 4.54. The number of halogens is 1. The Kier molecular flexibility index (Phi) is 5.05. The number of ether oxygens (including phenoxy) is 1. The van der Waals surface area contributed by atoms with Gasteiger partial charge in [0.25, 0.3) is 0 Å². The number of anilines is 1. The van der Waals surface area contributed by atoms with E-state index in [1.54, 1.807) is 0 Å². The SMILES string of the molecule is Cc1ccc(CC(=O)Nc2cc(Br)cc3c2OCC=CC3C)cc1. The van der Waals surface area contributed by atoms with Crippen molar-refractivity contribution < 1.29 is 9.53 Å². The highest BCUT2D eigenvalue weighted by atomic mass is 79.9. The lowest BCUT2D eigenvalue weighted by Crippen LogP contribution is -2.16. The molecule has 1 aliphatic rings. The fraction of sp³-hybridized carbons (Fsp3) is 0.250. The van der Waals surface area contributed by atoms with Crippen molar-refractivity contribution in [2.75, 3.05) is 11.9 Å². The van der Waals surface area contributed by atoms with Crippen LogP contribution in [0.2, 0.25) is 0 Å². The lowest BCUT2D eigenvalue weighted by atomic mass is 9.99. The van der Waals surface area contributed by atoms with E-state index in [9.17, 15) is 4.79 Å². The van der Waals surface area contributed by atoms with Crippen molar-refractivity contribution in [3.05, 3.63) is 69.7 Å². The number of hydrogen-bond donors (Lipinski definition) is 1. The Morgan fingerprint density at radius 2 is 2.04 bits per heavy atom. The van der Waals surface area contributed by atoms with Gasteiger partial charge in [-0.1, -0.05) is 64.8 Å². The van der Waals surface area contributed by atoms with Crippen LogP contribution in [0.3, 0.4) is 0 Å². The minimum absolute atomic E-state index is 0.0485. The van der Waals surface area contributed by atoms with E-state index in [0.29, 0.717) is 18.7 Å². The molecule has 0 radical (unpaired) electrons. The molecule has 0 spiro atoms. The van der Waals surface area contributed by atoms with Gasteiger partial charge in [0.15, 0.2) is 0 Å². The second-order valence-electron chi connectivity index (χ2n) is 6.11. The van der Waals surface area contributed by atoms with Crippen LogP contribution in [0.5, 0.6) is 5.75 Å². The zero-order valence-corrected chi connectivity index (χ0v) is 15.4. The van der Waals surface area contributed by atoms with Crippen molar-refractivity contribution in [3.8, 4) is 5.75 Å². The Hall–Kier alpha value is -2.07. The molecule has 2 aromatic rings. The first-order valence-corrected chi connectivity index (χ1v) is 8.80.